The molecule has 2 bridgehead atoms. The first-order valence-corrected chi connectivity index (χ1v) is 7.69. The minimum Gasteiger partial charge on any atom is -0.311 e. The average Bonchev–Trinajstić information content (AvgIpc) is 2.96. The Kier molecular flexibility index (Phi) is 3.34. The fourth-order valence-corrected chi connectivity index (χ4v) is 4.45. The summed E-state index contributed by atoms with van der Waals surface area (Å²) in [6.45, 7) is 2.17. The first kappa shape index (κ1) is 11.2. The van der Waals surface area contributed by atoms with Crippen molar-refractivity contribution in [2.75, 3.05) is 6.54 Å². The number of fused-ring (bicyclic) bond motifs is 2. The van der Waals surface area contributed by atoms with Gasteiger partial charge < -0.3 is 10.6 Å². The van der Waals surface area contributed by atoms with Crippen molar-refractivity contribution < 1.29 is 0 Å². The smallest absolute Gasteiger partial charge is 0.0327 e. The van der Waals surface area contributed by atoms with Crippen LogP contribution in [-0.4, -0.2) is 18.6 Å². The molecule has 4 heteroatoms. The van der Waals surface area contributed by atoms with E-state index in [1.807, 2.05) is 11.3 Å². The highest BCUT2D eigenvalue weighted by atomic mass is 79.9. The van der Waals surface area contributed by atoms with Gasteiger partial charge in [-0.15, -0.1) is 11.3 Å². The molecule has 1 aromatic rings. The van der Waals surface area contributed by atoms with Gasteiger partial charge in [0.25, 0.3) is 0 Å². The molecule has 16 heavy (non-hydrogen) atoms. The van der Waals surface area contributed by atoms with Crippen LogP contribution in [-0.2, 0) is 6.54 Å². The van der Waals surface area contributed by atoms with E-state index in [9.17, 15) is 0 Å². The molecule has 2 N–H and O–H groups in total. The van der Waals surface area contributed by atoms with Crippen molar-refractivity contribution in [3.8, 4) is 0 Å². The minimum absolute atomic E-state index is 0.796. The van der Waals surface area contributed by atoms with E-state index < -0.39 is 0 Å². The van der Waals surface area contributed by atoms with Crippen molar-refractivity contribution in [1.82, 2.24) is 10.6 Å². The zero-order chi connectivity index (χ0) is 11.0. The Balaban J connectivity index is 1.46. The van der Waals surface area contributed by atoms with Crippen molar-refractivity contribution in [2.24, 2.45) is 5.92 Å². The van der Waals surface area contributed by atoms with Gasteiger partial charge in [0.05, 0.1) is 0 Å². The topological polar surface area (TPSA) is 24.1 Å². The van der Waals surface area contributed by atoms with Gasteiger partial charge in [0.1, 0.15) is 0 Å². The molecule has 2 saturated heterocycles. The van der Waals surface area contributed by atoms with Gasteiger partial charge in [0, 0.05) is 28.0 Å². The van der Waals surface area contributed by atoms with Gasteiger partial charge in [0.15, 0.2) is 0 Å². The molecule has 0 spiro atoms. The molecule has 3 heterocycles. The maximum absolute atomic E-state index is 3.69. The van der Waals surface area contributed by atoms with Crippen LogP contribution in [0.15, 0.2) is 15.9 Å². The second-order valence-electron chi connectivity index (χ2n) is 4.87. The monoisotopic (exact) mass is 300 g/mol. The summed E-state index contributed by atoms with van der Waals surface area (Å²) in [6, 6.07) is 3.75. The lowest BCUT2D eigenvalue weighted by atomic mass is 9.89. The summed E-state index contributed by atoms with van der Waals surface area (Å²) in [6.07, 6.45) is 4.17. The van der Waals surface area contributed by atoms with Gasteiger partial charge in [-0.1, -0.05) is 0 Å². The highest BCUT2D eigenvalue weighted by Crippen LogP contribution is 2.32. The molecular weight excluding hydrogens is 284 g/mol. The van der Waals surface area contributed by atoms with Crippen LogP contribution in [0.2, 0.25) is 0 Å². The molecule has 3 atom stereocenters. The van der Waals surface area contributed by atoms with Crippen LogP contribution in [0, 0.1) is 5.92 Å². The zero-order valence-corrected chi connectivity index (χ0v) is 11.6. The van der Waals surface area contributed by atoms with E-state index in [2.05, 4.69) is 38.0 Å². The molecule has 0 saturated carbocycles. The first-order chi connectivity index (χ1) is 7.83. The maximum Gasteiger partial charge on any atom is 0.0327 e. The number of nitrogens with one attached hydrogen (secondary N) is 2. The fraction of sp³-hybridized carbons (Fsp3) is 0.667. The largest absolute Gasteiger partial charge is 0.311 e. The molecule has 2 aliphatic rings. The number of rotatable bonds is 4. The lowest BCUT2D eigenvalue weighted by molar-refractivity contribution is 0.383. The molecular formula is C12H17BrN2S. The molecule has 0 amide bonds. The molecule has 0 aliphatic carbocycles. The summed E-state index contributed by atoms with van der Waals surface area (Å²) in [5.41, 5.74) is 0. The number of thiophene rings is 1. The standard InChI is InChI=1S/C12H17BrN2S/c13-10-3-4-16-12(10)7-14-6-8-5-9-1-2-11(8)15-9/h3-4,8-9,11,14-15H,1-2,5-7H2. The Morgan fingerprint density at radius 2 is 2.44 bits per heavy atom. The van der Waals surface area contributed by atoms with Crippen LogP contribution in [0.25, 0.3) is 0 Å². The van der Waals surface area contributed by atoms with Gasteiger partial charge in [0.2, 0.25) is 0 Å². The van der Waals surface area contributed by atoms with E-state index in [1.165, 1.54) is 35.2 Å². The summed E-state index contributed by atoms with van der Waals surface area (Å²) in [4.78, 5) is 1.41. The quantitative estimate of drug-likeness (QED) is 0.893. The van der Waals surface area contributed by atoms with E-state index in [1.54, 1.807) is 0 Å². The second kappa shape index (κ2) is 4.77. The molecule has 2 aliphatic heterocycles. The summed E-state index contributed by atoms with van der Waals surface area (Å²) >= 11 is 5.39. The number of halogens is 1. The fourth-order valence-electron chi connectivity index (χ4n) is 2.99. The van der Waals surface area contributed by atoms with E-state index >= 15 is 0 Å². The van der Waals surface area contributed by atoms with Gasteiger partial charge in [-0.2, -0.15) is 0 Å². The van der Waals surface area contributed by atoms with Crippen LogP contribution >= 0.6 is 27.3 Å². The molecule has 2 nitrogen and oxygen atoms in total. The van der Waals surface area contributed by atoms with Crippen LogP contribution in [0.1, 0.15) is 24.1 Å². The summed E-state index contributed by atoms with van der Waals surface area (Å²) in [7, 11) is 0. The summed E-state index contributed by atoms with van der Waals surface area (Å²) in [5, 5.41) is 9.42. The van der Waals surface area contributed by atoms with Crippen molar-refractivity contribution >= 4 is 27.3 Å². The average molecular weight is 301 g/mol. The lowest BCUT2D eigenvalue weighted by Gasteiger charge is -2.20. The van der Waals surface area contributed by atoms with Crippen molar-refractivity contribution in [1.29, 1.82) is 0 Å². The predicted molar refractivity (Wildman–Crippen MR) is 71.8 cm³/mol. The van der Waals surface area contributed by atoms with E-state index in [4.69, 9.17) is 0 Å². The second-order valence-corrected chi connectivity index (χ2v) is 6.72. The molecule has 2 fully saturated rings. The van der Waals surface area contributed by atoms with E-state index in [0.29, 0.717) is 0 Å². The van der Waals surface area contributed by atoms with Crippen LogP contribution in [0.3, 0.4) is 0 Å². The molecule has 88 valence electrons. The Morgan fingerprint density at radius 3 is 3.06 bits per heavy atom. The van der Waals surface area contributed by atoms with Crippen molar-refractivity contribution in [3.05, 3.63) is 20.8 Å². The van der Waals surface area contributed by atoms with E-state index in [0.717, 1.165) is 24.5 Å². The summed E-state index contributed by atoms with van der Waals surface area (Å²) in [5.74, 6) is 0.859. The molecule has 0 radical (unpaired) electrons. The van der Waals surface area contributed by atoms with Gasteiger partial charge in [-0.25, -0.2) is 0 Å². The Bertz CT molecular complexity index is 366. The van der Waals surface area contributed by atoms with Gasteiger partial charge in [-0.3, -0.25) is 0 Å². The van der Waals surface area contributed by atoms with Crippen LogP contribution < -0.4 is 10.6 Å². The molecule has 3 unspecified atom stereocenters. The van der Waals surface area contributed by atoms with Gasteiger partial charge in [-0.05, 0) is 59.1 Å². The van der Waals surface area contributed by atoms with Gasteiger partial charge >= 0.3 is 0 Å². The molecule has 3 rings (SSSR count). The third-order valence-electron chi connectivity index (χ3n) is 3.82. The first-order valence-electron chi connectivity index (χ1n) is 6.01. The zero-order valence-electron chi connectivity index (χ0n) is 9.21. The van der Waals surface area contributed by atoms with E-state index in [-0.39, 0.29) is 0 Å². The molecule has 1 aromatic heterocycles. The van der Waals surface area contributed by atoms with Crippen LogP contribution in [0.5, 0.6) is 0 Å². The number of hydrogen-bond acceptors (Lipinski definition) is 3. The highest BCUT2D eigenvalue weighted by Gasteiger charge is 2.38. The predicted octanol–water partition coefficient (Wildman–Crippen LogP) is 2.74. The normalized spacial score (nSPS) is 32.4. The van der Waals surface area contributed by atoms with Crippen molar-refractivity contribution in [3.63, 3.8) is 0 Å². The lowest BCUT2D eigenvalue weighted by Crippen LogP contribution is -2.31. The highest BCUT2D eigenvalue weighted by molar-refractivity contribution is 9.10. The Hall–Kier alpha value is 0.1000. The third-order valence-corrected chi connectivity index (χ3v) is 5.74. The minimum atomic E-state index is 0.796. The van der Waals surface area contributed by atoms with Crippen LogP contribution in [0.4, 0.5) is 0 Å². The summed E-state index contributed by atoms with van der Waals surface area (Å²) < 4.78 is 1.25. The Labute approximate surface area is 109 Å². The third kappa shape index (κ3) is 2.21. The SMILES string of the molecule is Brc1ccsc1CNCC1CC2CCC1N2. The van der Waals surface area contributed by atoms with Crippen molar-refractivity contribution in [2.45, 2.75) is 37.9 Å². The number of hydrogen-bond donors (Lipinski definition) is 2. The maximum atomic E-state index is 3.69. The Morgan fingerprint density at radius 1 is 1.50 bits per heavy atom. The molecule has 0 aromatic carbocycles.